The number of hydrogen-bond donors (Lipinski definition) is 2. The van der Waals surface area contributed by atoms with Crippen LogP contribution >= 0.6 is 11.3 Å². The summed E-state index contributed by atoms with van der Waals surface area (Å²) < 4.78 is 4.92. The second kappa shape index (κ2) is 10.4. The van der Waals surface area contributed by atoms with Gasteiger partial charge in [0, 0.05) is 31.7 Å². The SMILES string of the molecule is COCCCNC(=O)Cc1csc(NC(=O)/C=C/c2ccccc2)n1. The van der Waals surface area contributed by atoms with E-state index in [4.69, 9.17) is 4.74 Å². The minimum absolute atomic E-state index is 0.0942. The summed E-state index contributed by atoms with van der Waals surface area (Å²) in [6.07, 6.45) is 4.16. The first-order valence-electron chi connectivity index (χ1n) is 7.91. The predicted octanol–water partition coefficient (Wildman–Crippen LogP) is 2.49. The van der Waals surface area contributed by atoms with Crippen molar-refractivity contribution in [1.82, 2.24) is 10.3 Å². The third-order valence-corrected chi connectivity index (χ3v) is 4.00. The van der Waals surface area contributed by atoms with Crippen LogP contribution in [0.1, 0.15) is 17.7 Å². The Morgan fingerprint density at radius 2 is 2.08 bits per heavy atom. The molecule has 0 fully saturated rings. The van der Waals surface area contributed by atoms with Crippen LogP contribution in [0.2, 0.25) is 0 Å². The molecular weight excluding hydrogens is 338 g/mol. The second-order valence-corrected chi connectivity index (χ2v) is 6.11. The summed E-state index contributed by atoms with van der Waals surface area (Å²) in [5.74, 6) is -0.350. The van der Waals surface area contributed by atoms with E-state index < -0.39 is 0 Å². The molecule has 0 aliphatic heterocycles. The molecule has 7 heteroatoms. The van der Waals surface area contributed by atoms with Crippen LogP contribution in [0, 0.1) is 0 Å². The Morgan fingerprint density at radius 1 is 1.28 bits per heavy atom. The predicted molar refractivity (Wildman–Crippen MR) is 99.4 cm³/mol. The fourth-order valence-corrected chi connectivity index (χ4v) is 2.71. The maximum atomic E-state index is 11.9. The van der Waals surface area contributed by atoms with Crippen molar-refractivity contribution in [3.8, 4) is 0 Å². The molecule has 2 aromatic rings. The number of carbonyl (C=O) groups is 2. The molecule has 0 saturated heterocycles. The van der Waals surface area contributed by atoms with Crippen LogP contribution in [0.15, 0.2) is 41.8 Å². The topological polar surface area (TPSA) is 80.3 Å². The van der Waals surface area contributed by atoms with Crippen molar-refractivity contribution in [2.75, 3.05) is 25.6 Å². The van der Waals surface area contributed by atoms with Gasteiger partial charge in [-0.1, -0.05) is 30.3 Å². The Kier molecular flexibility index (Phi) is 7.81. The van der Waals surface area contributed by atoms with Crippen molar-refractivity contribution in [2.45, 2.75) is 12.8 Å². The minimum atomic E-state index is -0.256. The molecule has 2 amide bonds. The van der Waals surface area contributed by atoms with E-state index in [1.165, 1.54) is 17.4 Å². The number of carbonyl (C=O) groups excluding carboxylic acids is 2. The molecule has 0 radical (unpaired) electrons. The first-order valence-corrected chi connectivity index (χ1v) is 8.79. The molecule has 0 aliphatic rings. The summed E-state index contributed by atoms with van der Waals surface area (Å²) in [6.45, 7) is 1.19. The van der Waals surface area contributed by atoms with Gasteiger partial charge in [-0.3, -0.25) is 14.9 Å². The highest BCUT2D eigenvalue weighted by Gasteiger charge is 2.08. The summed E-state index contributed by atoms with van der Waals surface area (Å²) in [6, 6.07) is 9.56. The van der Waals surface area contributed by atoms with Crippen LogP contribution in [-0.4, -0.2) is 37.1 Å². The quantitative estimate of drug-likeness (QED) is 0.532. The van der Waals surface area contributed by atoms with E-state index in [1.54, 1.807) is 18.6 Å². The largest absolute Gasteiger partial charge is 0.385 e. The van der Waals surface area contributed by atoms with Gasteiger partial charge in [0.15, 0.2) is 5.13 Å². The van der Waals surface area contributed by atoms with Crippen molar-refractivity contribution in [3.63, 3.8) is 0 Å². The molecule has 0 spiro atoms. The lowest BCUT2D eigenvalue weighted by atomic mass is 10.2. The molecule has 25 heavy (non-hydrogen) atoms. The zero-order valence-corrected chi connectivity index (χ0v) is 14.8. The average molecular weight is 359 g/mol. The van der Waals surface area contributed by atoms with Gasteiger partial charge in [0.2, 0.25) is 11.8 Å². The van der Waals surface area contributed by atoms with Gasteiger partial charge in [-0.15, -0.1) is 11.3 Å². The maximum absolute atomic E-state index is 11.9. The highest BCUT2D eigenvalue weighted by atomic mass is 32.1. The molecule has 0 atom stereocenters. The van der Waals surface area contributed by atoms with Crippen LogP contribution in [0.3, 0.4) is 0 Å². The highest BCUT2D eigenvalue weighted by molar-refractivity contribution is 7.14. The second-order valence-electron chi connectivity index (χ2n) is 5.25. The average Bonchev–Trinajstić information content (AvgIpc) is 3.04. The lowest BCUT2D eigenvalue weighted by Gasteiger charge is -2.03. The number of anilines is 1. The van der Waals surface area contributed by atoms with E-state index in [0.29, 0.717) is 24.0 Å². The summed E-state index contributed by atoms with van der Waals surface area (Å²) in [5.41, 5.74) is 1.58. The number of thiazole rings is 1. The fraction of sp³-hybridized carbons (Fsp3) is 0.278. The lowest BCUT2D eigenvalue weighted by Crippen LogP contribution is -2.26. The summed E-state index contributed by atoms with van der Waals surface area (Å²) in [5, 5.41) is 7.75. The van der Waals surface area contributed by atoms with Gasteiger partial charge in [0.25, 0.3) is 0 Å². The maximum Gasteiger partial charge on any atom is 0.250 e. The van der Waals surface area contributed by atoms with Crippen LogP contribution in [-0.2, 0) is 20.7 Å². The monoisotopic (exact) mass is 359 g/mol. The Balaban J connectivity index is 1.77. The number of nitrogens with zero attached hydrogens (tertiary/aromatic N) is 1. The normalized spacial score (nSPS) is 10.8. The first kappa shape index (κ1) is 18.8. The Hall–Kier alpha value is -2.51. The molecule has 1 aromatic carbocycles. The molecule has 2 rings (SSSR count). The molecule has 1 aromatic heterocycles. The third kappa shape index (κ3) is 7.28. The van der Waals surface area contributed by atoms with Gasteiger partial charge in [0.05, 0.1) is 12.1 Å². The summed E-state index contributed by atoms with van der Waals surface area (Å²) in [4.78, 5) is 27.9. The van der Waals surface area contributed by atoms with E-state index in [-0.39, 0.29) is 18.2 Å². The number of benzene rings is 1. The van der Waals surface area contributed by atoms with Crippen molar-refractivity contribution >= 4 is 34.4 Å². The number of amides is 2. The van der Waals surface area contributed by atoms with Crippen LogP contribution in [0.25, 0.3) is 6.08 Å². The van der Waals surface area contributed by atoms with E-state index >= 15 is 0 Å². The number of nitrogens with one attached hydrogen (secondary N) is 2. The molecule has 2 N–H and O–H groups in total. The molecule has 0 aliphatic carbocycles. The first-order chi connectivity index (χ1) is 12.2. The number of ether oxygens (including phenoxy) is 1. The zero-order chi connectivity index (χ0) is 17.9. The minimum Gasteiger partial charge on any atom is -0.385 e. The summed E-state index contributed by atoms with van der Waals surface area (Å²) >= 11 is 1.30. The van der Waals surface area contributed by atoms with Gasteiger partial charge in [-0.05, 0) is 18.1 Å². The fourth-order valence-electron chi connectivity index (χ4n) is 2.00. The van der Waals surface area contributed by atoms with Crippen LogP contribution in [0.5, 0.6) is 0 Å². The van der Waals surface area contributed by atoms with Crippen molar-refractivity contribution in [3.05, 3.63) is 53.0 Å². The van der Waals surface area contributed by atoms with Crippen molar-refractivity contribution in [2.24, 2.45) is 0 Å². The molecule has 132 valence electrons. The van der Waals surface area contributed by atoms with Crippen molar-refractivity contribution < 1.29 is 14.3 Å². The van der Waals surface area contributed by atoms with Gasteiger partial charge >= 0.3 is 0 Å². The van der Waals surface area contributed by atoms with E-state index in [1.807, 2.05) is 30.3 Å². The van der Waals surface area contributed by atoms with E-state index in [2.05, 4.69) is 15.6 Å². The highest BCUT2D eigenvalue weighted by Crippen LogP contribution is 2.16. The third-order valence-electron chi connectivity index (χ3n) is 3.20. The standard InChI is InChI=1S/C18H21N3O3S/c1-24-11-5-10-19-17(23)12-15-13-25-18(20-15)21-16(22)9-8-14-6-3-2-4-7-14/h2-4,6-9,13H,5,10-12H2,1H3,(H,19,23)(H,20,21,22)/b9-8+. The smallest absolute Gasteiger partial charge is 0.250 e. The van der Waals surface area contributed by atoms with Crippen LogP contribution in [0.4, 0.5) is 5.13 Å². The van der Waals surface area contributed by atoms with E-state index in [0.717, 1.165) is 12.0 Å². The van der Waals surface area contributed by atoms with Crippen molar-refractivity contribution in [1.29, 1.82) is 0 Å². The molecule has 6 nitrogen and oxygen atoms in total. The molecular formula is C18H21N3O3S. The van der Waals surface area contributed by atoms with Gasteiger partial charge in [-0.25, -0.2) is 4.98 Å². The molecule has 0 saturated carbocycles. The van der Waals surface area contributed by atoms with Gasteiger partial charge in [0.1, 0.15) is 0 Å². The molecule has 1 heterocycles. The number of hydrogen-bond acceptors (Lipinski definition) is 5. The lowest BCUT2D eigenvalue weighted by molar-refractivity contribution is -0.120. The van der Waals surface area contributed by atoms with Gasteiger partial charge < -0.3 is 10.1 Å². The Labute approximate surface area is 150 Å². The molecule has 0 unspecified atom stereocenters. The van der Waals surface area contributed by atoms with Gasteiger partial charge in [-0.2, -0.15) is 0 Å². The Morgan fingerprint density at radius 3 is 2.84 bits per heavy atom. The summed E-state index contributed by atoms with van der Waals surface area (Å²) in [7, 11) is 1.63. The zero-order valence-electron chi connectivity index (χ0n) is 14.0. The van der Waals surface area contributed by atoms with E-state index in [9.17, 15) is 9.59 Å². The number of methoxy groups -OCH3 is 1. The molecule has 0 bridgehead atoms. The number of rotatable bonds is 9. The number of aromatic nitrogens is 1. The Bertz CT molecular complexity index is 713. The van der Waals surface area contributed by atoms with Crippen LogP contribution < -0.4 is 10.6 Å².